The number of hydrogen-bond donors (Lipinski definition) is 2. The van der Waals surface area contributed by atoms with E-state index in [1.807, 2.05) is 24.3 Å². The Morgan fingerprint density at radius 3 is 2.72 bits per heavy atom. The number of nitrogens with zero attached hydrogens (tertiary/aromatic N) is 1. The minimum Gasteiger partial charge on any atom is -0.497 e. The molecule has 2 aromatic rings. The van der Waals surface area contributed by atoms with Gasteiger partial charge in [-0.1, -0.05) is 12.1 Å². The van der Waals surface area contributed by atoms with E-state index in [9.17, 15) is 14.4 Å². The van der Waals surface area contributed by atoms with Crippen LogP contribution in [0.2, 0.25) is 0 Å². The quantitative estimate of drug-likeness (QED) is 0.859. The molecule has 0 aliphatic carbocycles. The van der Waals surface area contributed by atoms with Crippen LogP contribution in [0.15, 0.2) is 47.5 Å². The minimum atomic E-state index is -0.467. The number of pyridine rings is 1. The molecule has 2 N–H and O–H groups in total. The maximum absolute atomic E-state index is 12.3. The number of rotatable bonds is 5. The van der Waals surface area contributed by atoms with Gasteiger partial charge in [0.25, 0.3) is 0 Å². The lowest BCUT2D eigenvalue weighted by molar-refractivity contribution is -0.128. The van der Waals surface area contributed by atoms with E-state index >= 15 is 0 Å². The van der Waals surface area contributed by atoms with Gasteiger partial charge in [0, 0.05) is 38.0 Å². The summed E-state index contributed by atoms with van der Waals surface area (Å²) in [4.78, 5) is 40.6. The molecule has 3 rings (SSSR count). The van der Waals surface area contributed by atoms with Crippen LogP contribution < -0.4 is 15.5 Å². The second kappa shape index (κ2) is 7.21. The van der Waals surface area contributed by atoms with Crippen molar-refractivity contribution in [1.29, 1.82) is 0 Å². The van der Waals surface area contributed by atoms with Crippen molar-refractivity contribution in [2.24, 2.45) is 5.92 Å². The van der Waals surface area contributed by atoms with E-state index in [-0.39, 0.29) is 29.4 Å². The Labute approximate surface area is 144 Å². The fraction of sp³-hybridized carbons (Fsp3) is 0.278. The van der Waals surface area contributed by atoms with Gasteiger partial charge in [0.15, 0.2) is 0 Å². The molecule has 1 fully saturated rings. The van der Waals surface area contributed by atoms with E-state index < -0.39 is 5.92 Å². The summed E-state index contributed by atoms with van der Waals surface area (Å²) in [5.74, 6) is -0.104. The molecule has 0 radical (unpaired) electrons. The van der Waals surface area contributed by atoms with Crippen LogP contribution in [0.25, 0.3) is 0 Å². The van der Waals surface area contributed by atoms with Crippen LogP contribution in [0.1, 0.15) is 12.0 Å². The zero-order valence-electron chi connectivity index (χ0n) is 13.8. The van der Waals surface area contributed by atoms with Gasteiger partial charge in [-0.25, -0.2) is 0 Å². The van der Waals surface area contributed by atoms with Crippen LogP contribution >= 0.6 is 0 Å². The average molecular weight is 341 g/mol. The third kappa shape index (κ3) is 3.88. The number of carbonyl (C=O) groups excluding carboxylic acids is 2. The number of likely N-dealkylation sites (tertiary alicyclic amines) is 1. The number of ether oxygens (including phenoxy) is 1. The molecule has 7 nitrogen and oxygen atoms in total. The number of methoxy groups -OCH3 is 1. The van der Waals surface area contributed by atoms with E-state index in [0.29, 0.717) is 13.1 Å². The Morgan fingerprint density at radius 2 is 2.04 bits per heavy atom. The number of aromatic nitrogens is 1. The lowest BCUT2D eigenvalue weighted by atomic mass is 10.1. The number of carbonyl (C=O) groups is 2. The molecule has 1 aliphatic heterocycles. The number of benzene rings is 1. The van der Waals surface area contributed by atoms with Gasteiger partial charge in [-0.2, -0.15) is 0 Å². The molecule has 25 heavy (non-hydrogen) atoms. The number of hydrogen-bond acceptors (Lipinski definition) is 4. The van der Waals surface area contributed by atoms with E-state index in [0.717, 1.165) is 11.3 Å². The summed E-state index contributed by atoms with van der Waals surface area (Å²) in [6.45, 7) is 0.778. The first kappa shape index (κ1) is 16.8. The van der Waals surface area contributed by atoms with E-state index in [2.05, 4.69) is 10.3 Å². The maximum atomic E-state index is 12.3. The van der Waals surface area contributed by atoms with Gasteiger partial charge >= 0.3 is 0 Å². The predicted molar refractivity (Wildman–Crippen MR) is 92.2 cm³/mol. The Balaban J connectivity index is 1.62. The number of amides is 2. The lowest BCUT2D eigenvalue weighted by Crippen LogP contribution is -2.29. The monoisotopic (exact) mass is 341 g/mol. The lowest BCUT2D eigenvalue weighted by Gasteiger charge is -2.17. The SMILES string of the molecule is COc1ccc(CN2C[C@@H](C(=O)Nc3c[nH]ccc3=O)CC2=O)cc1. The van der Waals surface area contributed by atoms with Crippen LogP contribution in [0.5, 0.6) is 5.75 Å². The molecule has 0 saturated carbocycles. The first-order chi connectivity index (χ1) is 12.1. The van der Waals surface area contributed by atoms with Gasteiger partial charge in [0.1, 0.15) is 11.4 Å². The third-order valence-electron chi connectivity index (χ3n) is 4.20. The Hall–Kier alpha value is -3.09. The maximum Gasteiger partial charge on any atom is 0.229 e. The van der Waals surface area contributed by atoms with Crippen molar-refractivity contribution in [3.63, 3.8) is 0 Å². The van der Waals surface area contributed by atoms with Gasteiger partial charge in [-0.15, -0.1) is 0 Å². The molecule has 130 valence electrons. The summed E-state index contributed by atoms with van der Waals surface area (Å²) in [7, 11) is 1.60. The summed E-state index contributed by atoms with van der Waals surface area (Å²) >= 11 is 0. The second-order valence-corrected chi connectivity index (χ2v) is 5.93. The highest BCUT2D eigenvalue weighted by molar-refractivity contribution is 5.97. The topological polar surface area (TPSA) is 91.5 Å². The number of nitrogens with one attached hydrogen (secondary N) is 2. The van der Waals surface area contributed by atoms with Crippen molar-refractivity contribution in [2.45, 2.75) is 13.0 Å². The van der Waals surface area contributed by atoms with Gasteiger partial charge in [-0.3, -0.25) is 14.4 Å². The normalized spacial score (nSPS) is 16.8. The van der Waals surface area contributed by atoms with Crippen molar-refractivity contribution in [1.82, 2.24) is 9.88 Å². The molecule has 2 amide bonds. The van der Waals surface area contributed by atoms with Crippen molar-refractivity contribution in [3.05, 3.63) is 58.5 Å². The summed E-state index contributed by atoms with van der Waals surface area (Å²) < 4.78 is 5.11. The van der Waals surface area contributed by atoms with Crippen molar-refractivity contribution >= 4 is 17.5 Å². The molecule has 1 saturated heterocycles. The van der Waals surface area contributed by atoms with Crippen molar-refractivity contribution < 1.29 is 14.3 Å². The first-order valence-electron chi connectivity index (χ1n) is 7.95. The summed E-state index contributed by atoms with van der Waals surface area (Å²) in [6.07, 6.45) is 3.08. The van der Waals surface area contributed by atoms with Gasteiger partial charge in [0.05, 0.1) is 13.0 Å². The largest absolute Gasteiger partial charge is 0.497 e. The summed E-state index contributed by atoms with van der Waals surface area (Å²) in [5, 5.41) is 2.59. The number of aromatic amines is 1. The zero-order valence-corrected chi connectivity index (χ0v) is 13.8. The average Bonchev–Trinajstić information content (AvgIpc) is 2.98. The molecule has 1 aromatic carbocycles. The van der Waals surface area contributed by atoms with Crippen LogP contribution in [-0.4, -0.2) is 35.4 Å². The zero-order chi connectivity index (χ0) is 17.8. The van der Waals surface area contributed by atoms with Crippen LogP contribution in [0.3, 0.4) is 0 Å². The van der Waals surface area contributed by atoms with Crippen LogP contribution in [0, 0.1) is 5.92 Å². The highest BCUT2D eigenvalue weighted by Gasteiger charge is 2.34. The molecular formula is C18H19N3O4. The smallest absolute Gasteiger partial charge is 0.229 e. The van der Waals surface area contributed by atoms with Crippen LogP contribution in [0.4, 0.5) is 5.69 Å². The van der Waals surface area contributed by atoms with Crippen LogP contribution in [-0.2, 0) is 16.1 Å². The van der Waals surface area contributed by atoms with E-state index in [4.69, 9.17) is 4.74 Å². The molecule has 2 heterocycles. The highest BCUT2D eigenvalue weighted by atomic mass is 16.5. The van der Waals surface area contributed by atoms with Crippen molar-refractivity contribution in [3.8, 4) is 5.75 Å². The molecule has 1 atom stereocenters. The number of H-pyrrole nitrogens is 1. The summed E-state index contributed by atoms with van der Waals surface area (Å²) in [5.41, 5.74) is 0.884. The van der Waals surface area contributed by atoms with E-state index in [1.54, 1.807) is 12.0 Å². The van der Waals surface area contributed by atoms with Gasteiger partial charge < -0.3 is 19.9 Å². The second-order valence-electron chi connectivity index (χ2n) is 5.93. The molecular weight excluding hydrogens is 322 g/mol. The molecule has 1 aromatic heterocycles. The molecule has 7 heteroatoms. The first-order valence-corrected chi connectivity index (χ1v) is 7.95. The van der Waals surface area contributed by atoms with E-state index in [1.165, 1.54) is 18.5 Å². The Kier molecular flexibility index (Phi) is 4.83. The fourth-order valence-corrected chi connectivity index (χ4v) is 2.80. The Bertz CT molecular complexity index is 829. The Morgan fingerprint density at radius 1 is 1.28 bits per heavy atom. The third-order valence-corrected chi connectivity index (χ3v) is 4.20. The fourth-order valence-electron chi connectivity index (χ4n) is 2.80. The molecule has 0 spiro atoms. The molecule has 1 aliphatic rings. The molecule has 0 bridgehead atoms. The number of anilines is 1. The predicted octanol–water partition coefficient (Wildman–Crippen LogP) is 1.37. The molecule has 0 unspecified atom stereocenters. The van der Waals surface area contributed by atoms with Gasteiger partial charge in [0.2, 0.25) is 17.2 Å². The standard InChI is InChI=1S/C18H19N3O4/c1-25-14-4-2-12(3-5-14)10-21-11-13(8-17(21)23)18(24)20-15-9-19-7-6-16(15)22/h2-7,9,13H,8,10-11H2,1H3,(H,19,22)(H,20,24)/t13-/m0/s1. The highest BCUT2D eigenvalue weighted by Crippen LogP contribution is 2.22. The minimum absolute atomic E-state index is 0.0714. The summed E-state index contributed by atoms with van der Waals surface area (Å²) in [6, 6.07) is 8.79. The van der Waals surface area contributed by atoms with Crippen molar-refractivity contribution in [2.75, 3.05) is 19.0 Å². The van der Waals surface area contributed by atoms with Gasteiger partial charge in [-0.05, 0) is 17.7 Å².